The second-order valence-corrected chi connectivity index (χ2v) is 4.70. The topological polar surface area (TPSA) is 51.2 Å². The monoisotopic (exact) mass is 294 g/mol. The van der Waals surface area contributed by atoms with Gasteiger partial charge in [-0.3, -0.25) is 0 Å². The standard InChI is InChI=1S/C11H13F3N2O2S/c1-7-8(10(17)18-2)3-4-9(16-7)15-5-6-19-11(12,13)14/h3-4H,5-6H2,1-2H3,(H,15,16). The molecule has 1 aromatic rings. The minimum Gasteiger partial charge on any atom is -0.465 e. The molecular formula is C11H13F3N2O2S. The quantitative estimate of drug-likeness (QED) is 0.668. The van der Waals surface area contributed by atoms with E-state index in [4.69, 9.17) is 0 Å². The molecule has 0 spiro atoms. The van der Waals surface area contributed by atoms with Gasteiger partial charge in [-0.05, 0) is 30.8 Å². The highest BCUT2D eigenvalue weighted by Crippen LogP contribution is 2.29. The SMILES string of the molecule is COC(=O)c1ccc(NCCSC(F)(F)F)nc1C. The molecule has 0 fully saturated rings. The number of aryl methyl sites for hydroxylation is 1. The van der Waals surface area contributed by atoms with Gasteiger partial charge in [-0.1, -0.05) is 0 Å². The molecule has 4 nitrogen and oxygen atoms in total. The van der Waals surface area contributed by atoms with Crippen molar-refractivity contribution in [1.82, 2.24) is 4.98 Å². The van der Waals surface area contributed by atoms with Gasteiger partial charge < -0.3 is 10.1 Å². The predicted octanol–water partition coefficient (Wildman–Crippen LogP) is 2.84. The van der Waals surface area contributed by atoms with Gasteiger partial charge in [0.1, 0.15) is 5.82 Å². The van der Waals surface area contributed by atoms with Crippen LogP contribution in [0.5, 0.6) is 0 Å². The Labute approximate surface area is 112 Å². The molecule has 0 atom stereocenters. The number of ether oxygens (including phenoxy) is 1. The molecule has 0 saturated carbocycles. The number of thioether (sulfide) groups is 1. The highest BCUT2D eigenvalue weighted by molar-refractivity contribution is 8.00. The maximum Gasteiger partial charge on any atom is 0.441 e. The van der Waals surface area contributed by atoms with Crippen molar-refractivity contribution in [1.29, 1.82) is 0 Å². The number of methoxy groups -OCH3 is 1. The number of hydrogen-bond donors (Lipinski definition) is 1. The summed E-state index contributed by atoms with van der Waals surface area (Å²) in [6.45, 7) is 1.76. The van der Waals surface area contributed by atoms with E-state index < -0.39 is 11.5 Å². The largest absolute Gasteiger partial charge is 0.465 e. The van der Waals surface area contributed by atoms with Crippen molar-refractivity contribution in [2.75, 3.05) is 24.7 Å². The molecule has 0 aliphatic carbocycles. The lowest BCUT2D eigenvalue weighted by molar-refractivity contribution is -0.0327. The van der Waals surface area contributed by atoms with Crippen LogP contribution in [-0.2, 0) is 4.74 Å². The van der Waals surface area contributed by atoms with Crippen molar-refractivity contribution in [3.63, 3.8) is 0 Å². The molecule has 0 saturated heterocycles. The second-order valence-electron chi connectivity index (χ2n) is 3.54. The van der Waals surface area contributed by atoms with E-state index in [0.717, 1.165) is 0 Å². The number of alkyl halides is 3. The van der Waals surface area contributed by atoms with Gasteiger partial charge in [0.2, 0.25) is 0 Å². The maximum absolute atomic E-state index is 11.9. The van der Waals surface area contributed by atoms with Crippen LogP contribution in [0.25, 0.3) is 0 Å². The number of anilines is 1. The molecule has 0 aromatic carbocycles. The summed E-state index contributed by atoms with van der Waals surface area (Å²) < 4.78 is 40.2. The molecule has 0 amide bonds. The fourth-order valence-corrected chi connectivity index (χ4v) is 1.77. The Hall–Kier alpha value is -1.44. The first-order chi connectivity index (χ1) is 8.83. The van der Waals surface area contributed by atoms with Crippen molar-refractivity contribution >= 4 is 23.5 Å². The third-order valence-electron chi connectivity index (χ3n) is 2.17. The number of esters is 1. The minimum absolute atomic E-state index is 0.0957. The summed E-state index contributed by atoms with van der Waals surface area (Å²) in [6.07, 6.45) is 0. The molecule has 0 radical (unpaired) electrons. The van der Waals surface area contributed by atoms with Crippen molar-refractivity contribution in [3.05, 3.63) is 23.4 Å². The molecule has 0 bridgehead atoms. The summed E-state index contributed by atoms with van der Waals surface area (Å²) in [5.74, 6) is -0.180. The van der Waals surface area contributed by atoms with E-state index in [-0.39, 0.29) is 24.1 Å². The summed E-state index contributed by atoms with van der Waals surface area (Å²) >= 11 is -0.0957. The highest BCUT2D eigenvalue weighted by Gasteiger charge is 2.27. The molecular weight excluding hydrogens is 281 g/mol. The summed E-state index contributed by atoms with van der Waals surface area (Å²) in [6, 6.07) is 3.05. The number of halogens is 3. The maximum atomic E-state index is 11.9. The number of pyridine rings is 1. The number of aromatic nitrogens is 1. The molecule has 1 aromatic heterocycles. The van der Waals surface area contributed by atoms with Crippen molar-refractivity contribution < 1.29 is 22.7 Å². The Balaban J connectivity index is 2.52. The van der Waals surface area contributed by atoms with Crippen LogP contribution in [0.2, 0.25) is 0 Å². The number of carbonyl (C=O) groups is 1. The van der Waals surface area contributed by atoms with E-state index in [0.29, 0.717) is 17.1 Å². The van der Waals surface area contributed by atoms with E-state index in [1.54, 1.807) is 6.92 Å². The minimum atomic E-state index is -4.22. The van der Waals surface area contributed by atoms with Crippen LogP contribution < -0.4 is 5.32 Å². The fraction of sp³-hybridized carbons (Fsp3) is 0.455. The average Bonchev–Trinajstić information content (AvgIpc) is 2.33. The molecule has 8 heteroatoms. The third-order valence-corrected chi connectivity index (χ3v) is 2.90. The van der Waals surface area contributed by atoms with Crippen LogP contribution in [0, 0.1) is 6.92 Å². The number of nitrogens with one attached hydrogen (secondary N) is 1. The summed E-state index contributed by atoms with van der Waals surface area (Å²) in [5.41, 5.74) is -3.43. The average molecular weight is 294 g/mol. The van der Waals surface area contributed by atoms with Crippen LogP contribution in [0.1, 0.15) is 16.1 Å². The van der Waals surface area contributed by atoms with E-state index >= 15 is 0 Å². The lowest BCUT2D eigenvalue weighted by Crippen LogP contribution is -2.12. The number of rotatable bonds is 5. The van der Waals surface area contributed by atoms with Crippen molar-refractivity contribution in [2.45, 2.75) is 12.4 Å². The Kier molecular flexibility index (Phi) is 5.46. The van der Waals surface area contributed by atoms with Gasteiger partial charge in [0, 0.05) is 12.3 Å². The van der Waals surface area contributed by atoms with Crippen LogP contribution in [-0.4, -0.2) is 35.9 Å². The van der Waals surface area contributed by atoms with Crippen molar-refractivity contribution in [3.8, 4) is 0 Å². The van der Waals surface area contributed by atoms with Gasteiger partial charge in [-0.15, -0.1) is 0 Å². The zero-order valence-corrected chi connectivity index (χ0v) is 11.2. The summed E-state index contributed by atoms with van der Waals surface area (Å²) in [7, 11) is 1.27. The number of nitrogens with zero attached hydrogens (tertiary/aromatic N) is 1. The third kappa shape index (κ3) is 5.37. The van der Waals surface area contributed by atoms with Gasteiger partial charge >= 0.3 is 11.5 Å². The Bertz CT molecular complexity index is 452. The normalized spacial score (nSPS) is 11.2. The Morgan fingerprint density at radius 3 is 2.68 bits per heavy atom. The van der Waals surface area contributed by atoms with Crippen molar-refractivity contribution in [2.24, 2.45) is 0 Å². The van der Waals surface area contributed by atoms with Gasteiger partial charge in [0.25, 0.3) is 0 Å². The van der Waals surface area contributed by atoms with Gasteiger partial charge in [-0.2, -0.15) is 13.2 Å². The first kappa shape index (κ1) is 15.6. The zero-order chi connectivity index (χ0) is 14.5. The zero-order valence-electron chi connectivity index (χ0n) is 10.4. The Morgan fingerprint density at radius 2 is 2.16 bits per heavy atom. The van der Waals surface area contributed by atoms with E-state index in [1.165, 1.54) is 19.2 Å². The molecule has 1 heterocycles. The summed E-state index contributed by atoms with van der Waals surface area (Å²) in [4.78, 5) is 15.4. The first-order valence-electron chi connectivity index (χ1n) is 5.34. The first-order valence-corrected chi connectivity index (χ1v) is 6.32. The Morgan fingerprint density at radius 1 is 1.47 bits per heavy atom. The molecule has 106 valence electrons. The molecule has 0 aliphatic heterocycles. The van der Waals surface area contributed by atoms with Crippen LogP contribution in [0.15, 0.2) is 12.1 Å². The summed E-state index contributed by atoms with van der Waals surface area (Å²) in [5, 5.41) is 2.76. The highest BCUT2D eigenvalue weighted by atomic mass is 32.2. The van der Waals surface area contributed by atoms with E-state index in [1.807, 2.05) is 0 Å². The lowest BCUT2D eigenvalue weighted by Gasteiger charge is -2.09. The van der Waals surface area contributed by atoms with Gasteiger partial charge in [0.05, 0.1) is 18.4 Å². The smallest absolute Gasteiger partial charge is 0.441 e. The van der Waals surface area contributed by atoms with Crippen LogP contribution in [0.4, 0.5) is 19.0 Å². The van der Waals surface area contributed by atoms with Crippen LogP contribution >= 0.6 is 11.8 Å². The van der Waals surface area contributed by atoms with E-state index in [9.17, 15) is 18.0 Å². The number of carbonyl (C=O) groups excluding carboxylic acids is 1. The molecule has 19 heavy (non-hydrogen) atoms. The fourth-order valence-electron chi connectivity index (χ4n) is 1.33. The molecule has 1 rings (SSSR count). The van der Waals surface area contributed by atoms with Gasteiger partial charge in [-0.25, -0.2) is 9.78 Å². The predicted molar refractivity (Wildman–Crippen MR) is 67.3 cm³/mol. The lowest BCUT2D eigenvalue weighted by atomic mass is 10.2. The van der Waals surface area contributed by atoms with Gasteiger partial charge in [0.15, 0.2) is 0 Å². The molecule has 0 unspecified atom stereocenters. The number of hydrogen-bond acceptors (Lipinski definition) is 5. The molecule has 0 aliphatic rings. The van der Waals surface area contributed by atoms with E-state index in [2.05, 4.69) is 15.0 Å². The van der Waals surface area contributed by atoms with Crippen LogP contribution in [0.3, 0.4) is 0 Å². The molecule has 1 N–H and O–H groups in total. The second kappa shape index (κ2) is 6.65.